The lowest BCUT2D eigenvalue weighted by Crippen LogP contribution is -2.01. The van der Waals surface area contributed by atoms with Crippen LogP contribution in [0.2, 0.25) is 0 Å². The van der Waals surface area contributed by atoms with Crippen molar-refractivity contribution in [1.82, 2.24) is 14.4 Å². The number of aryl methyl sites for hydroxylation is 3. The Morgan fingerprint density at radius 3 is 2.57 bits per heavy atom. The normalized spacial score (nSPS) is 13.0. The summed E-state index contributed by atoms with van der Waals surface area (Å²) in [5.74, 6) is 0. The maximum atomic E-state index is 5.51. The van der Waals surface area contributed by atoms with Gasteiger partial charge in [0, 0.05) is 30.6 Å². The number of hydrogen-bond acceptors (Lipinski definition) is 4. The molecule has 1 atom stereocenters. The molecule has 0 aromatic carbocycles. The Balaban J connectivity index is 2.27. The summed E-state index contributed by atoms with van der Waals surface area (Å²) in [7, 11) is 1.73. The predicted octanol–water partition coefficient (Wildman–Crippen LogP) is 4.09. The van der Waals surface area contributed by atoms with Crippen LogP contribution >= 0.6 is 11.3 Å². The number of rotatable bonds is 3. The number of nitrogens with zero attached hydrogens (tertiary/aromatic N) is 3. The largest absolute Gasteiger partial charge is 0.377 e. The van der Waals surface area contributed by atoms with Gasteiger partial charge in [-0.1, -0.05) is 0 Å². The van der Waals surface area contributed by atoms with Gasteiger partial charge in [0.05, 0.1) is 27.4 Å². The van der Waals surface area contributed by atoms with Crippen LogP contribution in [0.3, 0.4) is 0 Å². The number of methoxy groups -OCH3 is 1. The van der Waals surface area contributed by atoms with Gasteiger partial charge in [-0.05, 0) is 33.8 Å². The van der Waals surface area contributed by atoms with E-state index in [0.717, 1.165) is 27.6 Å². The molecule has 0 amide bonds. The molecule has 3 heterocycles. The average molecular weight is 301 g/mol. The van der Waals surface area contributed by atoms with Crippen molar-refractivity contribution < 1.29 is 4.74 Å². The minimum Gasteiger partial charge on any atom is -0.377 e. The lowest BCUT2D eigenvalue weighted by molar-refractivity contribution is 0.120. The van der Waals surface area contributed by atoms with Crippen molar-refractivity contribution in [1.29, 1.82) is 0 Å². The molecule has 0 bridgehead atoms. The molecule has 0 saturated heterocycles. The van der Waals surface area contributed by atoms with Crippen molar-refractivity contribution in [3.63, 3.8) is 0 Å². The number of imidazole rings is 1. The Morgan fingerprint density at radius 1 is 1.19 bits per heavy atom. The summed E-state index contributed by atoms with van der Waals surface area (Å²) < 4.78 is 7.60. The molecule has 5 heteroatoms. The highest BCUT2D eigenvalue weighted by molar-refractivity contribution is 7.15. The smallest absolute Gasteiger partial charge is 0.142 e. The van der Waals surface area contributed by atoms with Crippen molar-refractivity contribution in [2.75, 3.05) is 7.11 Å². The molecule has 3 aromatic rings. The van der Waals surface area contributed by atoms with Crippen LogP contribution in [0.5, 0.6) is 0 Å². The van der Waals surface area contributed by atoms with Gasteiger partial charge in [0.1, 0.15) is 5.65 Å². The molecule has 0 aliphatic rings. The van der Waals surface area contributed by atoms with Gasteiger partial charge in [0.2, 0.25) is 0 Å². The maximum absolute atomic E-state index is 5.51. The van der Waals surface area contributed by atoms with Crippen LogP contribution < -0.4 is 0 Å². The van der Waals surface area contributed by atoms with Crippen LogP contribution in [0.25, 0.3) is 16.1 Å². The van der Waals surface area contributed by atoms with Crippen LogP contribution in [0.15, 0.2) is 18.5 Å². The Labute approximate surface area is 128 Å². The standard InChI is InChI=1S/C16H19N3OS/c1-9-7-19-8-13(15-10(2)18-12(4)21-15)6-14(11(3)20-5)16(19)17-9/h6-8,11H,1-5H3/t11-/m1/s1. The first-order valence-corrected chi connectivity index (χ1v) is 7.77. The molecule has 4 nitrogen and oxygen atoms in total. The van der Waals surface area contributed by atoms with E-state index < -0.39 is 0 Å². The fourth-order valence-electron chi connectivity index (χ4n) is 2.60. The molecule has 3 aromatic heterocycles. The molecule has 21 heavy (non-hydrogen) atoms. The average Bonchev–Trinajstić information content (AvgIpc) is 2.97. The monoisotopic (exact) mass is 301 g/mol. The van der Waals surface area contributed by atoms with E-state index in [1.54, 1.807) is 18.4 Å². The molecule has 0 unspecified atom stereocenters. The number of thiazole rings is 1. The van der Waals surface area contributed by atoms with Crippen molar-refractivity contribution >= 4 is 17.0 Å². The maximum Gasteiger partial charge on any atom is 0.142 e. The number of fused-ring (bicyclic) bond motifs is 1. The molecule has 3 rings (SSSR count). The Bertz CT molecular complexity index is 803. The lowest BCUT2D eigenvalue weighted by Gasteiger charge is -2.13. The van der Waals surface area contributed by atoms with Gasteiger partial charge < -0.3 is 9.14 Å². The zero-order valence-corrected chi connectivity index (χ0v) is 13.8. The number of hydrogen-bond donors (Lipinski definition) is 0. The molecule has 0 fully saturated rings. The predicted molar refractivity (Wildman–Crippen MR) is 85.9 cm³/mol. The molecule has 0 aliphatic carbocycles. The SMILES string of the molecule is CO[C@H](C)c1cc(-c2sc(C)nc2C)cn2cc(C)nc12. The summed E-state index contributed by atoms with van der Waals surface area (Å²) in [4.78, 5) is 10.4. The Hall–Kier alpha value is -1.72. The number of ether oxygens (including phenoxy) is 1. The summed E-state index contributed by atoms with van der Waals surface area (Å²) in [6.45, 7) is 8.16. The zero-order valence-electron chi connectivity index (χ0n) is 13.0. The number of pyridine rings is 1. The zero-order chi connectivity index (χ0) is 15.1. The first-order chi connectivity index (χ1) is 9.99. The quantitative estimate of drug-likeness (QED) is 0.731. The third-order valence-electron chi connectivity index (χ3n) is 3.66. The van der Waals surface area contributed by atoms with Crippen molar-refractivity contribution in [3.8, 4) is 10.4 Å². The van der Waals surface area contributed by atoms with E-state index in [9.17, 15) is 0 Å². The molecule has 0 spiro atoms. The molecular weight excluding hydrogens is 282 g/mol. The Morgan fingerprint density at radius 2 is 1.95 bits per heavy atom. The highest BCUT2D eigenvalue weighted by atomic mass is 32.1. The Kier molecular flexibility index (Phi) is 3.55. The first kappa shape index (κ1) is 14.2. The van der Waals surface area contributed by atoms with Crippen molar-refractivity contribution in [2.24, 2.45) is 0 Å². The summed E-state index contributed by atoms with van der Waals surface area (Å²) >= 11 is 1.73. The van der Waals surface area contributed by atoms with E-state index in [1.165, 1.54) is 10.4 Å². The van der Waals surface area contributed by atoms with Gasteiger partial charge in [-0.3, -0.25) is 0 Å². The van der Waals surface area contributed by atoms with E-state index in [0.29, 0.717) is 0 Å². The van der Waals surface area contributed by atoms with Crippen LogP contribution in [0.4, 0.5) is 0 Å². The molecule has 0 N–H and O–H groups in total. The second-order valence-corrected chi connectivity index (χ2v) is 6.53. The van der Waals surface area contributed by atoms with Gasteiger partial charge >= 0.3 is 0 Å². The third-order valence-corrected chi connectivity index (χ3v) is 4.78. The molecule has 110 valence electrons. The van der Waals surface area contributed by atoms with E-state index in [2.05, 4.69) is 33.6 Å². The van der Waals surface area contributed by atoms with Crippen molar-refractivity contribution in [2.45, 2.75) is 33.8 Å². The third kappa shape index (κ3) is 2.47. The second-order valence-electron chi connectivity index (χ2n) is 5.32. The van der Waals surface area contributed by atoms with Crippen LogP contribution in [-0.4, -0.2) is 21.5 Å². The van der Waals surface area contributed by atoms with E-state index in [-0.39, 0.29) is 6.10 Å². The number of aromatic nitrogens is 3. The minimum absolute atomic E-state index is 0.00331. The lowest BCUT2D eigenvalue weighted by atomic mass is 10.1. The van der Waals surface area contributed by atoms with Crippen LogP contribution in [-0.2, 0) is 4.74 Å². The summed E-state index contributed by atoms with van der Waals surface area (Å²) in [6, 6.07) is 2.18. The second kappa shape index (κ2) is 5.24. The summed E-state index contributed by atoms with van der Waals surface area (Å²) in [5.41, 5.74) is 5.32. The van der Waals surface area contributed by atoms with E-state index in [4.69, 9.17) is 4.74 Å². The molecule has 0 saturated carbocycles. The van der Waals surface area contributed by atoms with Gasteiger partial charge in [0.15, 0.2) is 0 Å². The molecule has 0 radical (unpaired) electrons. The minimum atomic E-state index is 0.00331. The highest BCUT2D eigenvalue weighted by Gasteiger charge is 2.16. The topological polar surface area (TPSA) is 39.4 Å². The molecular formula is C16H19N3OS. The fourth-order valence-corrected chi connectivity index (χ4v) is 3.50. The fraction of sp³-hybridized carbons (Fsp3) is 0.375. The molecule has 0 aliphatic heterocycles. The van der Waals surface area contributed by atoms with Gasteiger partial charge in [-0.2, -0.15) is 0 Å². The highest BCUT2D eigenvalue weighted by Crippen LogP contribution is 2.33. The summed E-state index contributed by atoms with van der Waals surface area (Å²) in [6.07, 6.45) is 4.18. The van der Waals surface area contributed by atoms with Gasteiger partial charge in [0.25, 0.3) is 0 Å². The summed E-state index contributed by atoms with van der Waals surface area (Å²) in [5, 5.41) is 1.09. The van der Waals surface area contributed by atoms with Crippen LogP contribution in [0.1, 0.15) is 35.0 Å². The van der Waals surface area contributed by atoms with Gasteiger partial charge in [-0.15, -0.1) is 11.3 Å². The van der Waals surface area contributed by atoms with Crippen LogP contribution in [0, 0.1) is 20.8 Å². The van der Waals surface area contributed by atoms with E-state index in [1.807, 2.05) is 27.0 Å². The van der Waals surface area contributed by atoms with E-state index >= 15 is 0 Å². The van der Waals surface area contributed by atoms with Gasteiger partial charge in [-0.25, -0.2) is 9.97 Å². The van der Waals surface area contributed by atoms with Crippen molar-refractivity contribution in [3.05, 3.63) is 40.4 Å². The first-order valence-electron chi connectivity index (χ1n) is 6.96.